The van der Waals surface area contributed by atoms with Crippen molar-refractivity contribution in [2.45, 2.75) is 0 Å². The first kappa shape index (κ1) is 15.6. The van der Waals surface area contributed by atoms with Gasteiger partial charge in [0.25, 0.3) is 0 Å². The summed E-state index contributed by atoms with van der Waals surface area (Å²) >= 11 is -0.782. The zero-order valence-electron chi connectivity index (χ0n) is 4.07. The fourth-order valence-corrected chi connectivity index (χ4v) is 0.493. The van der Waals surface area contributed by atoms with Crippen molar-refractivity contribution in [2.24, 2.45) is 0 Å². The van der Waals surface area contributed by atoms with Crippen molar-refractivity contribution in [1.29, 1.82) is 0 Å². The van der Waals surface area contributed by atoms with Crippen LogP contribution in [0.25, 0.3) is 0 Å². The second kappa shape index (κ2) is 15.9. The third-order valence-electron chi connectivity index (χ3n) is 0.167. The first-order valence-electron chi connectivity index (χ1n) is 1.22. The number of hydrogen-bond acceptors (Lipinski definition) is 2. The second-order valence-electron chi connectivity index (χ2n) is 0.492. The molecule has 0 rings (SSSR count). The van der Waals surface area contributed by atoms with Gasteiger partial charge in [-0.05, 0) is 0 Å². The molecule has 0 unspecified atom stereocenters. The summed E-state index contributed by atoms with van der Waals surface area (Å²) in [5.74, 6) is 0. The number of halogens is 2. The van der Waals surface area contributed by atoms with Gasteiger partial charge < -0.3 is 9.41 Å². The predicted molar refractivity (Wildman–Crippen MR) is 14.0 cm³/mol. The summed E-state index contributed by atoms with van der Waals surface area (Å²) in [6.45, 7) is 0. The van der Waals surface area contributed by atoms with Crippen LogP contribution in [0.2, 0.25) is 0 Å². The molecule has 0 saturated heterocycles. The quantitative estimate of drug-likeness (QED) is 0.433. The van der Waals surface area contributed by atoms with Gasteiger partial charge in [-0.2, -0.15) is 0 Å². The Bertz CT molecular complexity index is 21.2. The Morgan fingerprint density at radius 3 is 1.29 bits per heavy atom. The zero-order chi connectivity index (χ0) is 4.12. The van der Waals surface area contributed by atoms with Crippen molar-refractivity contribution in [3.8, 4) is 0 Å². The summed E-state index contributed by atoms with van der Waals surface area (Å²) in [6.07, 6.45) is 0. The summed E-state index contributed by atoms with van der Waals surface area (Å²) < 4.78 is 9.28. The van der Waals surface area contributed by atoms with Crippen LogP contribution >= 0.6 is 0 Å². The smallest absolute Gasteiger partial charge is 1.00 e. The second-order valence-corrected chi connectivity index (χ2v) is 2.91. The van der Waals surface area contributed by atoms with Gasteiger partial charge in [0.15, 0.2) is 0 Å². The van der Waals surface area contributed by atoms with E-state index in [0.29, 0.717) is 0 Å². The van der Waals surface area contributed by atoms with E-state index in [1.54, 1.807) is 14.2 Å². The summed E-state index contributed by atoms with van der Waals surface area (Å²) in [4.78, 5) is 0. The fourth-order valence-electron chi connectivity index (χ4n) is 0.0833. The van der Waals surface area contributed by atoms with Crippen molar-refractivity contribution >= 4 is 0 Å². The van der Waals surface area contributed by atoms with Crippen LogP contribution in [0.1, 0.15) is 0 Å². The van der Waals surface area contributed by atoms with Crippen LogP contribution in [0.5, 0.6) is 0 Å². The van der Waals surface area contributed by atoms with E-state index < -0.39 is 24.1 Å². The molecule has 0 heterocycles. The molecule has 0 spiro atoms. The molecule has 0 aromatic carbocycles. The Balaban J connectivity index is -0.0000000800. The standard InChI is InChI=1S/2CH3O.2FH.Zr/c2*1-2;;;/h2*1H3;2*1H;/q2*-1;;;+4/p-2. The molecule has 7 heavy (non-hydrogen) atoms. The third-order valence-corrected chi connectivity index (χ3v) is 0.986. The predicted octanol–water partition coefficient (Wildman–Crippen LogP) is -5.80. The molecule has 0 N–H and O–H groups in total. The Labute approximate surface area is 53.7 Å². The first-order valence-corrected chi connectivity index (χ1v) is 3.23. The Hall–Kier alpha value is 0.663. The van der Waals surface area contributed by atoms with Crippen LogP contribution in [0.15, 0.2) is 0 Å². The van der Waals surface area contributed by atoms with Gasteiger partial charge in [-0.1, -0.05) is 0 Å². The van der Waals surface area contributed by atoms with E-state index in [-0.39, 0.29) is 9.41 Å². The van der Waals surface area contributed by atoms with E-state index in [1.165, 1.54) is 0 Å². The molecule has 0 aliphatic heterocycles. The van der Waals surface area contributed by atoms with Gasteiger partial charge in [-0.3, -0.25) is 0 Å². The number of hydrogen-bond donors (Lipinski definition) is 0. The Morgan fingerprint density at radius 2 is 1.29 bits per heavy atom. The zero-order valence-corrected chi connectivity index (χ0v) is 6.53. The molecule has 0 saturated carbocycles. The maximum absolute atomic E-state index is 4.64. The maximum atomic E-state index is 4.64. The van der Waals surface area contributed by atoms with Gasteiger partial charge in [-0.15, -0.1) is 0 Å². The average molecular weight is 191 g/mol. The van der Waals surface area contributed by atoms with Crippen molar-refractivity contribution in [1.82, 2.24) is 0 Å². The topological polar surface area (TPSA) is 18.5 Å². The SMILES string of the molecule is C[O][Zr+2][O]C.[F-].[F-]. The largest absolute Gasteiger partial charge is 1.00 e. The molecule has 0 atom stereocenters. The molecular formula is C2H6F2O2Zr. The van der Waals surface area contributed by atoms with E-state index in [2.05, 4.69) is 5.63 Å². The Morgan fingerprint density at radius 1 is 1.00 bits per heavy atom. The van der Waals surface area contributed by atoms with Gasteiger partial charge >= 0.3 is 44.0 Å². The van der Waals surface area contributed by atoms with Crippen LogP contribution in [0.3, 0.4) is 0 Å². The summed E-state index contributed by atoms with van der Waals surface area (Å²) in [6, 6.07) is 0. The normalized spacial score (nSPS) is 4.86. The van der Waals surface area contributed by atoms with E-state index in [4.69, 9.17) is 0 Å². The maximum Gasteiger partial charge on any atom is -1.00 e. The minimum absolute atomic E-state index is 0. The molecule has 0 radical (unpaired) electrons. The van der Waals surface area contributed by atoms with Crippen molar-refractivity contribution in [2.75, 3.05) is 14.2 Å². The van der Waals surface area contributed by atoms with Crippen LogP contribution in [-0.2, 0) is 29.7 Å². The van der Waals surface area contributed by atoms with Crippen molar-refractivity contribution in [3.63, 3.8) is 0 Å². The summed E-state index contributed by atoms with van der Waals surface area (Å²) in [5.41, 5.74) is 0. The monoisotopic (exact) mass is 190 g/mol. The van der Waals surface area contributed by atoms with Gasteiger partial charge in [0, 0.05) is 0 Å². The van der Waals surface area contributed by atoms with Crippen molar-refractivity contribution in [3.05, 3.63) is 0 Å². The van der Waals surface area contributed by atoms with E-state index in [1.807, 2.05) is 0 Å². The van der Waals surface area contributed by atoms with Crippen LogP contribution in [0, 0.1) is 0 Å². The van der Waals surface area contributed by atoms with Crippen LogP contribution in [0.4, 0.5) is 0 Å². The van der Waals surface area contributed by atoms with Crippen molar-refractivity contribution < 1.29 is 39.2 Å². The van der Waals surface area contributed by atoms with Gasteiger partial charge in [0.05, 0.1) is 0 Å². The molecule has 0 amide bonds. The molecule has 0 fully saturated rings. The molecule has 0 bridgehead atoms. The molecule has 0 aromatic rings. The molecule has 0 aromatic heterocycles. The minimum Gasteiger partial charge on any atom is -1.00 e. The Kier molecular flexibility index (Phi) is 35.6. The van der Waals surface area contributed by atoms with E-state index >= 15 is 0 Å². The van der Waals surface area contributed by atoms with Gasteiger partial charge in [-0.25, -0.2) is 0 Å². The van der Waals surface area contributed by atoms with E-state index in [0.717, 1.165) is 0 Å². The molecule has 2 nitrogen and oxygen atoms in total. The molecule has 0 aliphatic carbocycles. The van der Waals surface area contributed by atoms with Crippen LogP contribution < -0.4 is 9.41 Å². The van der Waals surface area contributed by atoms with Crippen LogP contribution in [-0.4, -0.2) is 14.2 Å². The van der Waals surface area contributed by atoms with Gasteiger partial charge in [0.2, 0.25) is 0 Å². The number of rotatable bonds is 2. The summed E-state index contributed by atoms with van der Waals surface area (Å²) in [5, 5.41) is 0. The third kappa shape index (κ3) is 20.4. The molecular weight excluding hydrogens is 185 g/mol. The van der Waals surface area contributed by atoms with E-state index in [9.17, 15) is 0 Å². The molecule has 44 valence electrons. The first-order chi connectivity index (χ1) is 2.41. The average Bonchev–Trinajstić information content (AvgIpc) is 1.41. The fraction of sp³-hybridized carbons (Fsp3) is 1.00. The molecule has 5 heteroatoms. The molecule has 0 aliphatic rings. The minimum atomic E-state index is -0.782. The van der Waals surface area contributed by atoms with Gasteiger partial charge in [0.1, 0.15) is 0 Å². The summed E-state index contributed by atoms with van der Waals surface area (Å²) in [7, 11) is 3.32.